The number of carboxylic acid groups (broad SMARTS) is 1. The summed E-state index contributed by atoms with van der Waals surface area (Å²) in [6.07, 6.45) is -6.66. The van der Waals surface area contributed by atoms with Gasteiger partial charge in [-0.15, -0.1) is 0 Å². The lowest BCUT2D eigenvalue weighted by Gasteiger charge is -2.28. The van der Waals surface area contributed by atoms with Crippen molar-refractivity contribution < 1.29 is 37.3 Å². The lowest BCUT2D eigenvalue weighted by molar-refractivity contribution is -0.187. The number of hydrogen-bond donors (Lipinski definition) is 1. The third-order valence-electron chi connectivity index (χ3n) is 2.98. The van der Waals surface area contributed by atoms with E-state index in [2.05, 4.69) is 0 Å². The highest BCUT2D eigenvalue weighted by Crippen LogP contribution is 2.47. The first-order valence-corrected chi connectivity index (χ1v) is 6.21. The van der Waals surface area contributed by atoms with Crippen molar-refractivity contribution in [3.63, 3.8) is 0 Å². The SMILES string of the molecule is COc1cc2c(c(Cl)c1OC)C=C(C(=O)O)C(C(F)(F)F)O2. The molecule has 1 aliphatic heterocycles. The molecule has 1 aliphatic rings. The van der Waals surface area contributed by atoms with E-state index in [1.807, 2.05) is 0 Å². The fourth-order valence-electron chi connectivity index (χ4n) is 2.01. The number of hydrogen-bond acceptors (Lipinski definition) is 4. The molecule has 0 radical (unpaired) electrons. The topological polar surface area (TPSA) is 65.0 Å². The maximum Gasteiger partial charge on any atom is 0.430 e. The van der Waals surface area contributed by atoms with Crippen molar-refractivity contribution in [2.75, 3.05) is 14.2 Å². The molecule has 22 heavy (non-hydrogen) atoms. The standard InChI is InChI=1S/C13H10ClF3O5/c1-20-8-4-7-5(9(14)10(8)21-2)3-6(12(18)19)11(22-7)13(15,16)17/h3-4,11H,1-2H3,(H,18,19). The Bertz CT molecular complexity index is 654. The molecular formula is C13H10ClF3O5. The highest BCUT2D eigenvalue weighted by Gasteiger charge is 2.49. The molecule has 0 saturated carbocycles. The smallest absolute Gasteiger partial charge is 0.430 e. The zero-order valence-corrected chi connectivity index (χ0v) is 12.1. The zero-order valence-electron chi connectivity index (χ0n) is 11.3. The third-order valence-corrected chi connectivity index (χ3v) is 3.36. The summed E-state index contributed by atoms with van der Waals surface area (Å²) < 4.78 is 53.6. The van der Waals surface area contributed by atoms with E-state index in [-0.39, 0.29) is 27.8 Å². The van der Waals surface area contributed by atoms with Crippen molar-refractivity contribution >= 4 is 23.6 Å². The summed E-state index contributed by atoms with van der Waals surface area (Å²) in [5, 5.41) is 8.87. The van der Waals surface area contributed by atoms with Crippen molar-refractivity contribution in [1.29, 1.82) is 0 Å². The second kappa shape index (κ2) is 5.60. The minimum absolute atomic E-state index is 0.0165. The van der Waals surface area contributed by atoms with Crippen molar-refractivity contribution in [2.45, 2.75) is 12.3 Å². The van der Waals surface area contributed by atoms with Gasteiger partial charge in [-0.2, -0.15) is 13.2 Å². The molecule has 0 aliphatic carbocycles. The average molecular weight is 339 g/mol. The molecule has 1 aromatic rings. The van der Waals surface area contributed by atoms with E-state index in [4.69, 9.17) is 30.9 Å². The van der Waals surface area contributed by atoms with Crippen molar-refractivity contribution in [1.82, 2.24) is 0 Å². The summed E-state index contributed by atoms with van der Waals surface area (Å²) in [7, 11) is 2.57. The summed E-state index contributed by atoms with van der Waals surface area (Å²) >= 11 is 6.04. The van der Waals surface area contributed by atoms with Gasteiger partial charge in [-0.1, -0.05) is 11.6 Å². The summed E-state index contributed by atoms with van der Waals surface area (Å²) in [4.78, 5) is 11.1. The van der Waals surface area contributed by atoms with Crippen LogP contribution in [0.1, 0.15) is 5.56 Å². The largest absolute Gasteiger partial charge is 0.493 e. The second-order valence-corrected chi connectivity index (χ2v) is 4.66. The van der Waals surface area contributed by atoms with Crippen LogP contribution in [-0.4, -0.2) is 37.6 Å². The maximum absolute atomic E-state index is 13.0. The number of alkyl halides is 3. The molecule has 5 nitrogen and oxygen atoms in total. The Labute approximate surface area is 127 Å². The van der Waals surface area contributed by atoms with E-state index in [0.29, 0.717) is 0 Å². The van der Waals surface area contributed by atoms with Crippen LogP contribution in [0.2, 0.25) is 5.02 Å². The number of aliphatic carboxylic acids is 1. The summed E-state index contributed by atoms with van der Waals surface area (Å²) in [5.41, 5.74) is -0.980. The van der Waals surface area contributed by atoms with Crippen LogP contribution in [0.15, 0.2) is 11.6 Å². The molecular weight excluding hydrogens is 329 g/mol. The molecule has 1 N–H and O–H groups in total. The first kappa shape index (κ1) is 16.3. The third kappa shape index (κ3) is 2.66. The number of carbonyl (C=O) groups is 1. The molecule has 0 bridgehead atoms. The fourth-order valence-corrected chi connectivity index (χ4v) is 2.33. The number of benzene rings is 1. The Morgan fingerprint density at radius 1 is 1.36 bits per heavy atom. The molecule has 2 rings (SSSR count). The van der Waals surface area contributed by atoms with Gasteiger partial charge in [-0.3, -0.25) is 0 Å². The van der Waals surface area contributed by atoms with Crippen LogP contribution in [0.4, 0.5) is 13.2 Å². The maximum atomic E-state index is 13.0. The Kier molecular flexibility index (Phi) is 4.15. The molecule has 0 amide bonds. The van der Waals surface area contributed by atoms with Crippen molar-refractivity contribution in [2.24, 2.45) is 0 Å². The molecule has 1 aromatic carbocycles. The summed E-state index contributed by atoms with van der Waals surface area (Å²) in [6.45, 7) is 0. The van der Waals surface area contributed by atoms with E-state index in [9.17, 15) is 18.0 Å². The van der Waals surface area contributed by atoms with Crippen LogP contribution in [0.3, 0.4) is 0 Å². The molecule has 0 fully saturated rings. The number of halogens is 4. The van der Waals surface area contributed by atoms with Crippen molar-refractivity contribution in [3.8, 4) is 17.2 Å². The van der Waals surface area contributed by atoms with Gasteiger partial charge in [-0.25, -0.2) is 4.79 Å². The van der Waals surface area contributed by atoms with Crippen LogP contribution < -0.4 is 14.2 Å². The first-order chi connectivity index (χ1) is 10.2. The van der Waals surface area contributed by atoms with Crippen LogP contribution in [0.5, 0.6) is 17.2 Å². The van der Waals surface area contributed by atoms with Crippen LogP contribution in [0.25, 0.3) is 6.08 Å². The first-order valence-electron chi connectivity index (χ1n) is 5.83. The van der Waals surface area contributed by atoms with Gasteiger partial charge in [0.2, 0.25) is 6.10 Å². The van der Waals surface area contributed by atoms with Gasteiger partial charge in [0.05, 0.1) is 24.8 Å². The summed E-state index contributed by atoms with van der Waals surface area (Å²) in [5.74, 6) is -1.86. The van der Waals surface area contributed by atoms with Gasteiger partial charge in [0.25, 0.3) is 0 Å². The predicted molar refractivity (Wildman–Crippen MR) is 70.6 cm³/mol. The highest BCUT2D eigenvalue weighted by atomic mass is 35.5. The fraction of sp³-hybridized carbons (Fsp3) is 0.308. The Hall–Kier alpha value is -2.09. The van der Waals surface area contributed by atoms with Gasteiger partial charge < -0.3 is 19.3 Å². The molecule has 120 valence electrons. The van der Waals surface area contributed by atoms with E-state index < -0.39 is 23.8 Å². The normalized spacial score (nSPS) is 17.2. The lowest BCUT2D eigenvalue weighted by atomic mass is 10.0. The Morgan fingerprint density at radius 3 is 2.45 bits per heavy atom. The second-order valence-electron chi connectivity index (χ2n) is 4.28. The van der Waals surface area contributed by atoms with Crippen molar-refractivity contribution in [3.05, 3.63) is 22.2 Å². The van der Waals surface area contributed by atoms with E-state index in [1.165, 1.54) is 14.2 Å². The van der Waals surface area contributed by atoms with E-state index in [0.717, 1.165) is 12.1 Å². The van der Waals surface area contributed by atoms with E-state index in [1.54, 1.807) is 0 Å². The average Bonchev–Trinajstić information content (AvgIpc) is 2.44. The molecule has 9 heteroatoms. The lowest BCUT2D eigenvalue weighted by Crippen LogP contribution is -2.40. The molecule has 1 unspecified atom stereocenters. The van der Waals surface area contributed by atoms with Gasteiger partial charge >= 0.3 is 12.1 Å². The Balaban J connectivity index is 2.68. The predicted octanol–water partition coefficient (Wildman–Crippen LogP) is 3.15. The van der Waals surface area contributed by atoms with Gasteiger partial charge in [0.1, 0.15) is 5.75 Å². The number of rotatable bonds is 3. The van der Waals surface area contributed by atoms with Crippen LogP contribution in [-0.2, 0) is 4.79 Å². The van der Waals surface area contributed by atoms with Crippen LogP contribution >= 0.6 is 11.6 Å². The number of methoxy groups -OCH3 is 2. The molecule has 0 aromatic heterocycles. The molecule has 1 atom stereocenters. The summed E-state index contributed by atoms with van der Waals surface area (Å²) in [6, 6.07) is 1.16. The number of fused-ring (bicyclic) bond motifs is 1. The number of ether oxygens (including phenoxy) is 3. The van der Waals surface area contributed by atoms with Gasteiger partial charge in [0.15, 0.2) is 11.5 Å². The number of carboxylic acids is 1. The van der Waals surface area contributed by atoms with Crippen LogP contribution in [0, 0.1) is 0 Å². The Morgan fingerprint density at radius 2 is 2.00 bits per heavy atom. The minimum Gasteiger partial charge on any atom is -0.493 e. The van der Waals surface area contributed by atoms with E-state index >= 15 is 0 Å². The quantitative estimate of drug-likeness (QED) is 0.917. The molecule has 1 heterocycles. The zero-order chi connectivity index (χ0) is 16.7. The monoisotopic (exact) mass is 338 g/mol. The minimum atomic E-state index is -4.89. The highest BCUT2D eigenvalue weighted by molar-refractivity contribution is 6.34. The molecule has 0 spiro atoms. The molecule has 0 saturated heterocycles. The van der Waals surface area contributed by atoms with Gasteiger partial charge in [0, 0.05) is 11.6 Å². The van der Waals surface area contributed by atoms with Gasteiger partial charge in [-0.05, 0) is 6.08 Å².